The van der Waals surface area contributed by atoms with Crippen molar-refractivity contribution in [1.82, 2.24) is 40.1 Å². The average molecular weight is 899 g/mol. The molecule has 344 valence electrons. The number of benzene rings is 1. The normalized spacial score (nSPS) is 22.1. The third kappa shape index (κ3) is 9.01. The van der Waals surface area contributed by atoms with E-state index in [2.05, 4.69) is 60.3 Å². The highest BCUT2D eigenvalue weighted by Gasteiger charge is 2.46. The molecule has 0 aliphatic carbocycles. The first-order valence-corrected chi connectivity index (χ1v) is 23.4. The van der Waals surface area contributed by atoms with Gasteiger partial charge in [-0.2, -0.15) is 0 Å². The summed E-state index contributed by atoms with van der Waals surface area (Å²) >= 11 is 1.42. The van der Waals surface area contributed by atoms with Crippen LogP contribution in [0.3, 0.4) is 0 Å². The zero-order valence-electron chi connectivity index (χ0n) is 38.3. The highest BCUT2D eigenvalue weighted by molar-refractivity contribution is 7.10. The van der Waals surface area contributed by atoms with Crippen LogP contribution in [0.15, 0.2) is 41.9 Å². The number of carbonyl (C=O) groups is 4. The molecule has 0 unspecified atom stereocenters. The van der Waals surface area contributed by atoms with E-state index in [0.717, 1.165) is 44.7 Å². The second kappa shape index (κ2) is 18.5. The van der Waals surface area contributed by atoms with Gasteiger partial charge in [-0.15, -0.1) is 11.3 Å². The number of hydrogen-bond donors (Lipinski definition) is 2. The van der Waals surface area contributed by atoms with Gasteiger partial charge in [0.15, 0.2) is 0 Å². The van der Waals surface area contributed by atoms with Crippen molar-refractivity contribution in [2.24, 2.45) is 11.3 Å². The zero-order chi connectivity index (χ0) is 45.5. The summed E-state index contributed by atoms with van der Waals surface area (Å²) in [5.41, 5.74) is 8.82. The number of aryl methyl sites for hydroxylation is 1. The molecule has 2 N–H and O–H groups in total. The van der Waals surface area contributed by atoms with Crippen LogP contribution in [0.5, 0.6) is 0 Å². The molecular weight excluding hydrogens is 837 g/mol. The fourth-order valence-electron chi connectivity index (χ4n) is 9.60. The van der Waals surface area contributed by atoms with Crippen molar-refractivity contribution in [1.29, 1.82) is 0 Å². The molecule has 3 saturated heterocycles. The molecule has 4 aliphatic rings. The maximum atomic E-state index is 14.6. The van der Waals surface area contributed by atoms with E-state index in [9.17, 15) is 19.2 Å². The Kier molecular flexibility index (Phi) is 13.2. The summed E-state index contributed by atoms with van der Waals surface area (Å²) in [6.07, 6.45) is 3.25. The van der Waals surface area contributed by atoms with E-state index in [1.54, 1.807) is 25.3 Å². The first-order chi connectivity index (χ1) is 30.6. The molecule has 4 aliphatic heterocycles. The molecule has 7 heterocycles. The topological polar surface area (TPSA) is 170 Å². The molecule has 1 spiro atoms. The van der Waals surface area contributed by atoms with E-state index in [0.29, 0.717) is 70.3 Å². The van der Waals surface area contributed by atoms with Crippen LogP contribution in [0, 0.1) is 11.3 Å². The fourth-order valence-corrected chi connectivity index (χ4v) is 10.5. The number of urea groups is 1. The first kappa shape index (κ1) is 45.6. The number of pyridine rings is 1. The molecule has 6 bridgehead atoms. The van der Waals surface area contributed by atoms with Crippen molar-refractivity contribution >= 4 is 46.1 Å². The lowest BCUT2D eigenvalue weighted by Crippen LogP contribution is -2.66. The number of hydrazine groups is 1. The van der Waals surface area contributed by atoms with Crippen molar-refractivity contribution in [2.45, 2.75) is 104 Å². The molecule has 4 atom stereocenters. The Morgan fingerprint density at radius 3 is 2.64 bits per heavy atom. The number of nitrogens with one attached hydrogen (secondary N) is 2. The minimum atomic E-state index is -1.06. The van der Waals surface area contributed by atoms with Gasteiger partial charge in [-0.25, -0.2) is 15.2 Å². The van der Waals surface area contributed by atoms with Gasteiger partial charge in [0.2, 0.25) is 5.91 Å². The number of carbonyl (C=O) groups excluding carboxylic acids is 4. The average Bonchev–Trinajstić information content (AvgIpc) is 3.87. The van der Waals surface area contributed by atoms with Gasteiger partial charge in [-0.3, -0.25) is 24.4 Å². The Labute approximate surface area is 378 Å². The Hall–Kier alpha value is -4.94. The predicted molar refractivity (Wildman–Crippen MR) is 242 cm³/mol. The van der Waals surface area contributed by atoms with Crippen molar-refractivity contribution in [3.8, 4) is 22.5 Å². The second-order valence-electron chi connectivity index (χ2n) is 18.8. The summed E-state index contributed by atoms with van der Waals surface area (Å²) in [6.45, 7) is 15.3. The highest BCUT2D eigenvalue weighted by Crippen LogP contribution is 2.42. The minimum Gasteiger partial charge on any atom is -0.464 e. The number of amides is 4. The summed E-state index contributed by atoms with van der Waals surface area (Å²) < 4.78 is 25.6. The maximum Gasteiger partial charge on any atom is 0.324 e. The minimum absolute atomic E-state index is 0.0938. The molecule has 64 heavy (non-hydrogen) atoms. The van der Waals surface area contributed by atoms with E-state index in [-0.39, 0.29) is 31.1 Å². The van der Waals surface area contributed by atoms with E-state index in [1.165, 1.54) is 21.2 Å². The largest absolute Gasteiger partial charge is 0.464 e. The third-order valence-electron chi connectivity index (χ3n) is 13.0. The maximum absolute atomic E-state index is 14.6. The lowest BCUT2D eigenvalue weighted by atomic mass is 9.84. The summed E-state index contributed by atoms with van der Waals surface area (Å²) in [7, 11) is 3.32. The monoisotopic (exact) mass is 898 g/mol. The van der Waals surface area contributed by atoms with Gasteiger partial charge in [0, 0.05) is 79.2 Å². The number of fused-ring (bicyclic) bond motifs is 6. The van der Waals surface area contributed by atoms with Gasteiger partial charge in [0.05, 0.1) is 61.2 Å². The zero-order valence-corrected chi connectivity index (χ0v) is 39.1. The molecule has 4 amide bonds. The molecule has 3 aromatic heterocycles. The third-order valence-corrected chi connectivity index (χ3v) is 13.9. The van der Waals surface area contributed by atoms with Crippen molar-refractivity contribution < 1.29 is 38.1 Å². The van der Waals surface area contributed by atoms with Crippen molar-refractivity contribution in [3.05, 3.63) is 58.2 Å². The molecule has 16 nitrogen and oxygen atoms in total. The summed E-state index contributed by atoms with van der Waals surface area (Å²) in [6, 6.07) is 7.42. The SMILES string of the molecule is CCn1c(-c2cccnc2[C@H](C)OC)c2c3cc(ccc31)-c1csc(n1)C[C@H](NC(=O)[C@H](C(C)C)N(C)C(=O)N1CCOC3(COC3)C1)C(=O)N1CCC[C@H](N1)C(=O)OCC(C)(C)C2. The lowest BCUT2D eigenvalue weighted by Gasteiger charge is -2.48. The van der Waals surface area contributed by atoms with Gasteiger partial charge in [0.25, 0.3) is 5.91 Å². The van der Waals surface area contributed by atoms with Crippen LogP contribution < -0.4 is 10.7 Å². The Morgan fingerprint density at radius 1 is 1.12 bits per heavy atom. The Morgan fingerprint density at radius 2 is 1.92 bits per heavy atom. The second-order valence-corrected chi connectivity index (χ2v) is 19.7. The molecule has 4 aromatic rings. The van der Waals surface area contributed by atoms with Crippen LogP contribution in [0.25, 0.3) is 33.4 Å². The predicted octanol–water partition coefficient (Wildman–Crippen LogP) is 5.38. The van der Waals surface area contributed by atoms with Gasteiger partial charge < -0.3 is 38.6 Å². The number of aromatic nitrogens is 3. The van der Waals surface area contributed by atoms with Crippen LogP contribution in [0.1, 0.15) is 76.8 Å². The van der Waals surface area contributed by atoms with Crippen LogP contribution in [-0.4, -0.2) is 137 Å². The van der Waals surface area contributed by atoms with E-state index < -0.39 is 46.9 Å². The van der Waals surface area contributed by atoms with Crippen LogP contribution in [0.4, 0.5) is 4.79 Å². The number of morpholine rings is 1. The number of hydrogen-bond acceptors (Lipinski definition) is 12. The Balaban J connectivity index is 1.16. The number of likely N-dealkylation sites (N-methyl/N-ethyl adjacent to an activating group) is 1. The molecule has 17 heteroatoms. The van der Waals surface area contributed by atoms with E-state index in [4.69, 9.17) is 28.9 Å². The number of ether oxygens (including phenoxy) is 4. The van der Waals surface area contributed by atoms with Gasteiger partial charge >= 0.3 is 12.0 Å². The number of rotatable bonds is 8. The quantitative estimate of drug-likeness (QED) is 0.218. The van der Waals surface area contributed by atoms with E-state index >= 15 is 0 Å². The standard InChI is InChI=1S/C47H62N8O8S/c1-9-54-37-15-14-30-20-32(37)33(41(54)31-12-10-16-48-39(31)29(4)60-8)22-46(5,6)25-62-44(58)34-13-11-17-55(51-34)43(57)35(21-38-49-36(30)23-64-38)50-42(56)40(28(2)3)52(7)45(59)53-18-19-63-47(24-53)26-61-27-47/h10,12,14-16,20,23,28-29,34-35,40,51H,9,11,13,17-19,21-22,24-27H2,1-8H3,(H,50,56)/t29-,34-,35-,40-/m0/s1. The van der Waals surface area contributed by atoms with Crippen molar-refractivity contribution in [3.63, 3.8) is 0 Å². The molecule has 1 aromatic carbocycles. The highest BCUT2D eigenvalue weighted by atomic mass is 32.1. The van der Waals surface area contributed by atoms with Crippen LogP contribution in [0.2, 0.25) is 0 Å². The fraction of sp³-hybridized carbons (Fsp3) is 0.574. The number of esters is 1. The smallest absolute Gasteiger partial charge is 0.324 e. The molecule has 0 saturated carbocycles. The summed E-state index contributed by atoms with van der Waals surface area (Å²) in [5, 5.41) is 8.17. The number of thiazole rings is 1. The summed E-state index contributed by atoms with van der Waals surface area (Å²) in [5.74, 6) is -1.60. The number of cyclic esters (lactones) is 1. The molecular formula is C47H62N8O8S. The number of nitrogens with zero attached hydrogens (tertiary/aromatic N) is 6. The van der Waals surface area contributed by atoms with Crippen LogP contribution in [-0.2, 0) is 52.7 Å². The first-order valence-electron chi connectivity index (χ1n) is 22.5. The lowest BCUT2D eigenvalue weighted by molar-refractivity contribution is -0.232. The van der Waals surface area contributed by atoms with Crippen LogP contribution >= 0.6 is 11.3 Å². The molecule has 8 rings (SSSR count). The Bertz CT molecular complexity index is 2390. The van der Waals surface area contributed by atoms with Crippen molar-refractivity contribution in [2.75, 3.05) is 60.2 Å². The summed E-state index contributed by atoms with van der Waals surface area (Å²) in [4.78, 5) is 70.0. The molecule has 0 radical (unpaired) electrons. The van der Waals surface area contributed by atoms with Gasteiger partial charge in [-0.05, 0) is 68.9 Å². The van der Waals surface area contributed by atoms with Gasteiger partial charge in [-0.1, -0.05) is 33.8 Å². The van der Waals surface area contributed by atoms with E-state index in [1.807, 2.05) is 32.2 Å². The van der Waals surface area contributed by atoms with Gasteiger partial charge in [0.1, 0.15) is 23.7 Å². The number of methoxy groups -OCH3 is 1. The molecule has 3 fully saturated rings.